The van der Waals surface area contributed by atoms with Crippen molar-refractivity contribution < 1.29 is 0 Å². The van der Waals surface area contributed by atoms with Gasteiger partial charge in [-0.3, -0.25) is 4.98 Å². The van der Waals surface area contributed by atoms with Gasteiger partial charge in [-0.15, -0.1) is 6.42 Å². The zero-order valence-electron chi connectivity index (χ0n) is 6.55. The van der Waals surface area contributed by atoms with Gasteiger partial charge in [0.1, 0.15) is 0 Å². The maximum absolute atomic E-state index is 5.46. The molecule has 0 aromatic carbocycles. The van der Waals surface area contributed by atoms with Gasteiger partial charge in [-0.25, -0.2) is 0 Å². The van der Waals surface area contributed by atoms with E-state index in [2.05, 4.69) is 32.9 Å². The predicted molar refractivity (Wildman–Crippen MR) is 51.7 cm³/mol. The lowest BCUT2D eigenvalue weighted by atomic mass is 9.99. The van der Waals surface area contributed by atoms with Crippen molar-refractivity contribution in [1.29, 1.82) is 0 Å². The van der Waals surface area contributed by atoms with Crippen molar-refractivity contribution in [2.24, 2.45) is 0 Å². The second kappa shape index (κ2) is 2.60. The Morgan fingerprint density at radius 2 is 2.25 bits per heavy atom. The molecule has 0 radical (unpaired) electrons. The monoisotopic (exact) mass is 221 g/mol. The maximum atomic E-state index is 5.46. The molecule has 0 saturated heterocycles. The summed E-state index contributed by atoms with van der Waals surface area (Å²) in [6, 6.07) is 2.06. The fraction of sp³-hybridized carbons (Fsp3) is 0.300. The summed E-state index contributed by atoms with van der Waals surface area (Å²) in [5.74, 6) is 2.84. The molecule has 0 atom stereocenters. The minimum atomic E-state index is 0.0107. The largest absolute Gasteiger partial charge is 0.263 e. The molecule has 60 valence electrons. The van der Waals surface area contributed by atoms with Crippen LogP contribution in [-0.4, -0.2) is 4.98 Å². The highest BCUT2D eigenvalue weighted by atomic mass is 79.9. The Morgan fingerprint density at radius 1 is 1.50 bits per heavy atom. The topological polar surface area (TPSA) is 12.9 Å². The Labute approximate surface area is 80.3 Å². The quantitative estimate of drug-likeness (QED) is 0.665. The van der Waals surface area contributed by atoms with E-state index < -0.39 is 0 Å². The summed E-state index contributed by atoms with van der Waals surface area (Å²) in [5, 5.41) is 0. The van der Waals surface area contributed by atoms with Crippen LogP contribution < -0.4 is 0 Å². The van der Waals surface area contributed by atoms with Gasteiger partial charge >= 0.3 is 0 Å². The summed E-state index contributed by atoms with van der Waals surface area (Å²) in [6.45, 7) is 0. The van der Waals surface area contributed by atoms with E-state index in [0.29, 0.717) is 0 Å². The van der Waals surface area contributed by atoms with Crippen LogP contribution in [0.1, 0.15) is 18.4 Å². The number of pyridine rings is 1. The van der Waals surface area contributed by atoms with Crippen LogP contribution in [0.2, 0.25) is 0 Å². The first-order valence-corrected chi connectivity index (χ1v) is 4.65. The Hall–Kier alpha value is -0.810. The number of terminal acetylenes is 1. The van der Waals surface area contributed by atoms with Crippen LogP contribution in [0.4, 0.5) is 0 Å². The molecular weight excluding hydrogens is 214 g/mol. The molecular formula is C10H8BrN. The number of hydrogen-bond acceptors (Lipinski definition) is 1. The van der Waals surface area contributed by atoms with Gasteiger partial charge in [0.15, 0.2) is 0 Å². The summed E-state index contributed by atoms with van der Waals surface area (Å²) >= 11 is 3.38. The summed E-state index contributed by atoms with van der Waals surface area (Å²) < 4.78 is 1.00. The lowest BCUT2D eigenvalue weighted by Gasteiger charge is -2.06. The van der Waals surface area contributed by atoms with E-state index in [-0.39, 0.29) is 5.41 Å². The van der Waals surface area contributed by atoms with E-state index in [1.165, 1.54) is 5.56 Å². The third kappa shape index (κ3) is 1.15. The average molecular weight is 222 g/mol. The highest BCUT2D eigenvalue weighted by Crippen LogP contribution is 2.47. The zero-order chi connectivity index (χ0) is 8.60. The molecule has 1 saturated carbocycles. The lowest BCUT2D eigenvalue weighted by molar-refractivity contribution is 0.915. The van der Waals surface area contributed by atoms with Gasteiger partial charge in [0.2, 0.25) is 0 Å². The van der Waals surface area contributed by atoms with E-state index in [4.69, 9.17) is 6.42 Å². The first-order valence-electron chi connectivity index (χ1n) is 3.86. The molecule has 1 aliphatic carbocycles. The summed E-state index contributed by atoms with van der Waals surface area (Å²) in [7, 11) is 0. The van der Waals surface area contributed by atoms with Crippen LogP contribution in [0.5, 0.6) is 0 Å². The number of hydrogen-bond donors (Lipinski definition) is 0. The van der Waals surface area contributed by atoms with Crippen LogP contribution in [0.15, 0.2) is 22.9 Å². The van der Waals surface area contributed by atoms with Gasteiger partial charge in [0.05, 0.1) is 5.41 Å². The van der Waals surface area contributed by atoms with Crippen LogP contribution in [-0.2, 0) is 5.41 Å². The lowest BCUT2D eigenvalue weighted by Crippen LogP contribution is -2.02. The molecule has 0 amide bonds. The van der Waals surface area contributed by atoms with E-state index >= 15 is 0 Å². The molecule has 1 heterocycles. The van der Waals surface area contributed by atoms with Gasteiger partial charge in [-0.2, -0.15) is 0 Å². The normalized spacial score (nSPS) is 18.3. The molecule has 12 heavy (non-hydrogen) atoms. The van der Waals surface area contributed by atoms with Crippen LogP contribution in [0.25, 0.3) is 0 Å². The molecule has 1 aromatic rings. The number of rotatable bonds is 1. The fourth-order valence-electron chi connectivity index (χ4n) is 1.31. The van der Waals surface area contributed by atoms with Gasteiger partial charge in [-0.1, -0.05) is 5.92 Å². The third-order valence-corrected chi connectivity index (χ3v) is 2.72. The molecule has 1 fully saturated rings. The average Bonchev–Trinajstić information content (AvgIpc) is 2.84. The van der Waals surface area contributed by atoms with Crippen molar-refractivity contribution in [2.75, 3.05) is 0 Å². The van der Waals surface area contributed by atoms with E-state index in [1.807, 2.05) is 6.20 Å². The second-order valence-electron chi connectivity index (χ2n) is 3.12. The SMILES string of the molecule is C#CC1(c2cncc(Br)c2)CC1. The molecule has 2 rings (SSSR count). The van der Waals surface area contributed by atoms with E-state index in [0.717, 1.165) is 17.3 Å². The first-order chi connectivity index (χ1) is 5.77. The third-order valence-electron chi connectivity index (χ3n) is 2.28. The summed E-state index contributed by atoms with van der Waals surface area (Å²) in [6.07, 6.45) is 11.3. The van der Waals surface area contributed by atoms with Crippen molar-refractivity contribution in [3.8, 4) is 12.3 Å². The number of nitrogens with zero attached hydrogens (tertiary/aromatic N) is 1. The molecule has 1 aromatic heterocycles. The standard InChI is InChI=1S/C10H8BrN/c1-2-10(3-4-10)8-5-9(11)7-12-6-8/h1,5-7H,3-4H2. The fourth-order valence-corrected chi connectivity index (χ4v) is 1.68. The Morgan fingerprint density at radius 3 is 2.75 bits per heavy atom. The van der Waals surface area contributed by atoms with E-state index in [1.54, 1.807) is 6.20 Å². The molecule has 0 unspecified atom stereocenters. The predicted octanol–water partition coefficient (Wildman–Crippen LogP) is 2.51. The summed E-state index contributed by atoms with van der Waals surface area (Å²) in [4.78, 5) is 4.10. The molecule has 0 bridgehead atoms. The number of aromatic nitrogens is 1. The Bertz CT molecular complexity index is 347. The molecule has 1 aliphatic rings. The van der Waals surface area contributed by atoms with Crippen molar-refractivity contribution >= 4 is 15.9 Å². The van der Waals surface area contributed by atoms with Crippen LogP contribution in [0.3, 0.4) is 0 Å². The summed E-state index contributed by atoms with van der Waals surface area (Å²) in [5.41, 5.74) is 1.18. The molecule has 0 N–H and O–H groups in total. The van der Waals surface area contributed by atoms with Gasteiger partial charge in [-0.05, 0) is 40.4 Å². The highest BCUT2D eigenvalue weighted by Gasteiger charge is 2.42. The van der Waals surface area contributed by atoms with Crippen molar-refractivity contribution in [3.05, 3.63) is 28.5 Å². The second-order valence-corrected chi connectivity index (χ2v) is 4.03. The molecule has 0 aliphatic heterocycles. The Kier molecular flexibility index (Phi) is 1.69. The van der Waals surface area contributed by atoms with E-state index in [9.17, 15) is 0 Å². The van der Waals surface area contributed by atoms with Gasteiger partial charge in [0.25, 0.3) is 0 Å². The highest BCUT2D eigenvalue weighted by molar-refractivity contribution is 9.10. The van der Waals surface area contributed by atoms with Crippen molar-refractivity contribution in [3.63, 3.8) is 0 Å². The number of halogens is 1. The first kappa shape index (κ1) is 7.82. The van der Waals surface area contributed by atoms with Crippen molar-refractivity contribution in [1.82, 2.24) is 4.98 Å². The van der Waals surface area contributed by atoms with Crippen LogP contribution >= 0.6 is 15.9 Å². The maximum Gasteiger partial charge on any atom is 0.0577 e. The smallest absolute Gasteiger partial charge is 0.0577 e. The minimum absolute atomic E-state index is 0.0107. The van der Waals surface area contributed by atoms with Crippen molar-refractivity contribution in [2.45, 2.75) is 18.3 Å². The molecule has 0 spiro atoms. The zero-order valence-corrected chi connectivity index (χ0v) is 8.13. The molecule has 2 heteroatoms. The minimum Gasteiger partial charge on any atom is -0.263 e. The van der Waals surface area contributed by atoms with Crippen LogP contribution in [0, 0.1) is 12.3 Å². The van der Waals surface area contributed by atoms with Gasteiger partial charge in [0, 0.05) is 16.9 Å². The Balaban J connectivity index is 2.42. The van der Waals surface area contributed by atoms with Gasteiger partial charge < -0.3 is 0 Å². The molecule has 1 nitrogen and oxygen atoms in total.